The fourth-order valence-corrected chi connectivity index (χ4v) is 1.71. The van der Waals surface area contributed by atoms with Gasteiger partial charge in [-0.25, -0.2) is 8.78 Å². The highest BCUT2D eigenvalue weighted by atomic mass is 19.1. The monoisotopic (exact) mass is 207 g/mol. The molecule has 82 valence electrons. The van der Waals surface area contributed by atoms with E-state index in [1.165, 1.54) is 7.11 Å². The number of carbonyl (C=O) groups excluding carboxylic acids is 1. The summed E-state index contributed by atoms with van der Waals surface area (Å²) in [6, 6.07) is -0.690. The number of nitrogens with zero attached hydrogens (tertiary/aromatic N) is 1. The lowest BCUT2D eigenvalue weighted by Crippen LogP contribution is -2.37. The molecule has 0 saturated carbocycles. The highest BCUT2D eigenvalue weighted by molar-refractivity contribution is 5.72. The Morgan fingerprint density at radius 1 is 1.57 bits per heavy atom. The summed E-state index contributed by atoms with van der Waals surface area (Å²) >= 11 is 0. The van der Waals surface area contributed by atoms with E-state index in [4.69, 9.17) is 0 Å². The van der Waals surface area contributed by atoms with E-state index >= 15 is 0 Å². The Morgan fingerprint density at radius 3 is 2.71 bits per heavy atom. The molecule has 1 fully saturated rings. The van der Waals surface area contributed by atoms with Crippen LogP contribution in [0.3, 0.4) is 0 Å². The van der Waals surface area contributed by atoms with Gasteiger partial charge in [-0.1, -0.05) is 0 Å². The summed E-state index contributed by atoms with van der Waals surface area (Å²) in [4.78, 5) is 12.8. The van der Waals surface area contributed by atoms with E-state index in [2.05, 4.69) is 4.74 Å². The van der Waals surface area contributed by atoms with Crippen LogP contribution in [0.15, 0.2) is 0 Å². The molecule has 0 aromatic heterocycles. The predicted molar refractivity (Wildman–Crippen MR) is 47.4 cm³/mol. The van der Waals surface area contributed by atoms with Crippen molar-refractivity contribution in [3.8, 4) is 0 Å². The van der Waals surface area contributed by atoms with Gasteiger partial charge in [0.15, 0.2) is 0 Å². The molecule has 0 aromatic rings. The van der Waals surface area contributed by atoms with Crippen LogP contribution in [0.25, 0.3) is 0 Å². The van der Waals surface area contributed by atoms with Gasteiger partial charge in [-0.05, 0) is 13.0 Å². The molecule has 1 aliphatic rings. The first-order valence-corrected chi connectivity index (χ1v) is 4.66. The van der Waals surface area contributed by atoms with Gasteiger partial charge in [0.2, 0.25) is 0 Å². The number of methoxy groups -OCH3 is 1. The first kappa shape index (κ1) is 11.4. The van der Waals surface area contributed by atoms with E-state index in [1.807, 2.05) is 0 Å². The minimum atomic E-state index is -0.704. The lowest BCUT2D eigenvalue weighted by molar-refractivity contribution is -0.145. The summed E-state index contributed by atoms with van der Waals surface area (Å²) in [7, 11) is 1.33. The van der Waals surface area contributed by atoms with Crippen LogP contribution in [0.5, 0.6) is 0 Å². The maximum atomic E-state index is 12.3. The van der Waals surface area contributed by atoms with Crippen LogP contribution in [-0.4, -0.2) is 50.5 Å². The number of halogens is 2. The number of likely N-dealkylation sites (tertiary alicyclic amines) is 1. The van der Waals surface area contributed by atoms with Crippen molar-refractivity contribution in [1.29, 1.82) is 0 Å². The molecule has 14 heavy (non-hydrogen) atoms. The second kappa shape index (κ2) is 5.24. The summed E-state index contributed by atoms with van der Waals surface area (Å²) in [5.74, 6) is -0.510. The van der Waals surface area contributed by atoms with Gasteiger partial charge in [-0.2, -0.15) is 0 Å². The van der Waals surface area contributed by atoms with Crippen LogP contribution >= 0.6 is 0 Å². The Balaban J connectivity index is 2.43. The number of hydrogen-bond donors (Lipinski definition) is 0. The summed E-state index contributed by atoms with van der Waals surface area (Å²) in [6.07, 6.45) is 0.628. The van der Waals surface area contributed by atoms with E-state index in [0.29, 0.717) is 19.5 Å². The van der Waals surface area contributed by atoms with Crippen molar-refractivity contribution in [3.63, 3.8) is 0 Å². The maximum absolute atomic E-state index is 12.3. The molecule has 1 rings (SSSR count). The summed E-state index contributed by atoms with van der Waals surface area (Å²) in [5, 5.41) is 0. The van der Waals surface area contributed by atoms with Gasteiger partial charge >= 0.3 is 5.97 Å². The molecule has 0 aliphatic carbocycles. The molecule has 0 bridgehead atoms. The van der Waals surface area contributed by atoms with Crippen molar-refractivity contribution in [2.45, 2.75) is 12.5 Å². The Kier molecular flexibility index (Phi) is 4.25. The Morgan fingerprint density at radius 2 is 2.21 bits per heavy atom. The fourth-order valence-electron chi connectivity index (χ4n) is 1.71. The zero-order valence-corrected chi connectivity index (χ0v) is 8.21. The molecule has 0 aromatic carbocycles. The second-order valence-electron chi connectivity index (χ2n) is 3.47. The smallest absolute Gasteiger partial charge is 0.310 e. The molecule has 0 amide bonds. The number of alkyl halides is 2. The van der Waals surface area contributed by atoms with Gasteiger partial charge in [-0.3, -0.25) is 9.69 Å². The Hall–Kier alpha value is -0.710. The quantitative estimate of drug-likeness (QED) is 0.638. The predicted octanol–water partition coefficient (Wildman–Crippen LogP) is 0.789. The van der Waals surface area contributed by atoms with Crippen LogP contribution in [0, 0.1) is 5.92 Å². The average molecular weight is 207 g/mol. The fraction of sp³-hybridized carbons (Fsp3) is 0.889. The molecule has 0 spiro atoms. The third-order valence-corrected chi connectivity index (χ3v) is 2.63. The molecule has 1 unspecified atom stereocenters. The second-order valence-corrected chi connectivity index (χ2v) is 3.47. The summed E-state index contributed by atoms with van der Waals surface area (Å²) in [5.41, 5.74) is 0. The first-order valence-electron chi connectivity index (χ1n) is 4.66. The molecular formula is C9H15F2NO2. The van der Waals surface area contributed by atoms with Gasteiger partial charge in [-0.15, -0.1) is 0 Å². The number of esters is 1. The lowest BCUT2D eigenvalue weighted by atomic mass is 10.1. The third-order valence-electron chi connectivity index (χ3n) is 2.63. The van der Waals surface area contributed by atoms with Crippen LogP contribution in [0.2, 0.25) is 0 Å². The molecule has 5 heteroatoms. The topological polar surface area (TPSA) is 29.5 Å². The van der Waals surface area contributed by atoms with Crippen LogP contribution < -0.4 is 0 Å². The van der Waals surface area contributed by atoms with Crippen molar-refractivity contribution in [1.82, 2.24) is 4.90 Å². The Bertz CT molecular complexity index is 197. The molecule has 3 nitrogen and oxygen atoms in total. The maximum Gasteiger partial charge on any atom is 0.310 e. The van der Waals surface area contributed by atoms with Crippen molar-refractivity contribution >= 4 is 5.97 Å². The minimum absolute atomic E-state index is 0.222. The summed E-state index contributed by atoms with van der Waals surface area (Å²) in [6.45, 7) is -0.432. The van der Waals surface area contributed by atoms with E-state index in [1.54, 1.807) is 4.90 Å². The van der Waals surface area contributed by atoms with Gasteiger partial charge in [0, 0.05) is 6.54 Å². The minimum Gasteiger partial charge on any atom is -0.469 e. The Labute approximate surface area is 82.0 Å². The zero-order valence-electron chi connectivity index (χ0n) is 8.21. The SMILES string of the molecule is COC(=O)C1CCN(C(CF)CF)C1. The molecule has 0 radical (unpaired) electrons. The van der Waals surface area contributed by atoms with Crippen molar-refractivity contribution in [2.75, 3.05) is 33.5 Å². The molecule has 1 atom stereocenters. The van der Waals surface area contributed by atoms with Crippen molar-refractivity contribution in [2.24, 2.45) is 5.92 Å². The van der Waals surface area contributed by atoms with Crippen LogP contribution in [0.1, 0.15) is 6.42 Å². The van der Waals surface area contributed by atoms with E-state index < -0.39 is 19.4 Å². The highest BCUT2D eigenvalue weighted by Crippen LogP contribution is 2.20. The number of rotatable bonds is 4. The number of hydrogen-bond acceptors (Lipinski definition) is 3. The molecule has 0 N–H and O–H groups in total. The van der Waals surface area contributed by atoms with E-state index in [0.717, 1.165) is 0 Å². The van der Waals surface area contributed by atoms with Gasteiger partial charge in [0.05, 0.1) is 19.1 Å². The lowest BCUT2D eigenvalue weighted by Gasteiger charge is -2.22. The summed E-state index contributed by atoms with van der Waals surface area (Å²) < 4.78 is 29.2. The zero-order chi connectivity index (χ0) is 10.6. The highest BCUT2D eigenvalue weighted by Gasteiger charge is 2.32. The molecule has 1 aliphatic heterocycles. The standard InChI is InChI=1S/C9H15F2NO2/c1-14-9(13)7-2-3-12(6-7)8(4-10)5-11/h7-8H,2-6H2,1H3. The average Bonchev–Trinajstić information content (AvgIpc) is 2.68. The molecule has 1 heterocycles. The normalized spacial score (nSPS) is 23.0. The van der Waals surface area contributed by atoms with Gasteiger partial charge in [0.25, 0.3) is 0 Å². The molecule has 1 saturated heterocycles. The third kappa shape index (κ3) is 2.41. The van der Waals surface area contributed by atoms with Crippen LogP contribution in [-0.2, 0) is 9.53 Å². The van der Waals surface area contributed by atoms with E-state index in [9.17, 15) is 13.6 Å². The van der Waals surface area contributed by atoms with Gasteiger partial charge in [0.1, 0.15) is 13.3 Å². The van der Waals surface area contributed by atoms with Crippen molar-refractivity contribution < 1.29 is 18.3 Å². The number of carbonyl (C=O) groups is 1. The van der Waals surface area contributed by atoms with Crippen molar-refractivity contribution in [3.05, 3.63) is 0 Å². The van der Waals surface area contributed by atoms with Crippen LogP contribution in [0.4, 0.5) is 8.78 Å². The largest absolute Gasteiger partial charge is 0.469 e. The van der Waals surface area contributed by atoms with Gasteiger partial charge < -0.3 is 4.74 Å². The van der Waals surface area contributed by atoms with E-state index in [-0.39, 0.29) is 11.9 Å². The first-order chi connectivity index (χ1) is 6.72. The number of ether oxygens (including phenoxy) is 1. The molecular weight excluding hydrogens is 192 g/mol.